The highest BCUT2D eigenvalue weighted by Gasteiger charge is 2.28. The van der Waals surface area contributed by atoms with Crippen molar-refractivity contribution >= 4 is 11.8 Å². The van der Waals surface area contributed by atoms with Crippen molar-refractivity contribution < 1.29 is 9.59 Å². The van der Waals surface area contributed by atoms with Crippen LogP contribution in [0.3, 0.4) is 0 Å². The maximum atomic E-state index is 11.8. The largest absolute Gasteiger partial charge is 0.368 e. The predicted molar refractivity (Wildman–Crippen MR) is 69.9 cm³/mol. The summed E-state index contributed by atoms with van der Waals surface area (Å²) in [5, 5.41) is 6.04. The van der Waals surface area contributed by atoms with Gasteiger partial charge in [0.25, 0.3) is 0 Å². The summed E-state index contributed by atoms with van der Waals surface area (Å²) in [6, 6.07) is -0.205. The lowest BCUT2D eigenvalue weighted by Crippen LogP contribution is -2.59. The Balaban J connectivity index is 2.43. The SMILES string of the molecule is CCCC(C)NC(=O)CN1CCNCC1C(N)=O. The number of nitrogens with zero attached hydrogens (tertiary/aromatic N) is 1. The average molecular weight is 256 g/mol. The summed E-state index contributed by atoms with van der Waals surface area (Å²) in [5.74, 6) is -0.416. The highest BCUT2D eigenvalue weighted by molar-refractivity contribution is 5.82. The molecule has 2 unspecified atom stereocenters. The number of nitrogens with one attached hydrogen (secondary N) is 2. The lowest BCUT2D eigenvalue weighted by molar-refractivity contribution is -0.127. The molecule has 0 aromatic heterocycles. The minimum Gasteiger partial charge on any atom is -0.368 e. The van der Waals surface area contributed by atoms with Crippen LogP contribution in [0.15, 0.2) is 0 Å². The first kappa shape index (κ1) is 14.9. The van der Waals surface area contributed by atoms with Crippen LogP contribution in [0.25, 0.3) is 0 Å². The molecule has 1 rings (SSSR count). The van der Waals surface area contributed by atoms with Gasteiger partial charge in [-0.15, -0.1) is 0 Å². The predicted octanol–water partition coefficient (Wildman–Crippen LogP) is -0.950. The maximum Gasteiger partial charge on any atom is 0.236 e. The molecule has 0 aliphatic carbocycles. The molecule has 0 radical (unpaired) electrons. The molecule has 0 saturated carbocycles. The van der Waals surface area contributed by atoms with Crippen LogP contribution in [0, 0.1) is 0 Å². The van der Waals surface area contributed by atoms with Gasteiger partial charge in [-0.1, -0.05) is 13.3 Å². The van der Waals surface area contributed by atoms with Gasteiger partial charge >= 0.3 is 0 Å². The Bertz CT molecular complexity index is 296. The lowest BCUT2D eigenvalue weighted by atomic mass is 10.1. The van der Waals surface area contributed by atoms with Crippen molar-refractivity contribution in [1.29, 1.82) is 0 Å². The summed E-state index contributed by atoms with van der Waals surface area (Å²) < 4.78 is 0. The molecule has 6 nitrogen and oxygen atoms in total. The number of hydrogen-bond donors (Lipinski definition) is 3. The topological polar surface area (TPSA) is 87.5 Å². The Kier molecular flexibility index (Phi) is 6.07. The number of carbonyl (C=O) groups excluding carboxylic acids is 2. The maximum absolute atomic E-state index is 11.8. The van der Waals surface area contributed by atoms with Crippen molar-refractivity contribution in [3.05, 3.63) is 0 Å². The third-order valence-electron chi connectivity index (χ3n) is 3.16. The number of hydrogen-bond acceptors (Lipinski definition) is 4. The second kappa shape index (κ2) is 7.33. The van der Waals surface area contributed by atoms with Crippen molar-refractivity contribution in [2.75, 3.05) is 26.2 Å². The van der Waals surface area contributed by atoms with Crippen LogP contribution in [0.5, 0.6) is 0 Å². The lowest BCUT2D eigenvalue weighted by Gasteiger charge is -2.33. The zero-order valence-electron chi connectivity index (χ0n) is 11.2. The monoisotopic (exact) mass is 256 g/mol. The second-order valence-electron chi connectivity index (χ2n) is 4.85. The molecule has 1 aliphatic rings. The summed E-state index contributed by atoms with van der Waals surface area (Å²) in [4.78, 5) is 25.0. The Morgan fingerprint density at radius 1 is 1.56 bits per heavy atom. The smallest absolute Gasteiger partial charge is 0.236 e. The number of piperazine rings is 1. The van der Waals surface area contributed by atoms with E-state index in [1.54, 1.807) is 0 Å². The highest BCUT2D eigenvalue weighted by Crippen LogP contribution is 2.03. The van der Waals surface area contributed by atoms with Gasteiger partial charge < -0.3 is 16.4 Å². The van der Waals surface area contributed by atoms with Crippen molar-refractivity contribution in [2.45, 2.75) is 38.8 Å². The minimum atomic E-state index is -0.383. The molecule has 0 spiro atoms. The minimum absolute atomic E-state index is 0.0379. The standard InChI is InChI=1S/C12H24N4O2/c1-3-4-9(2)15-11(17)8-16-6-5-14-7-10(16)12(13)18/h9-10,14H,3-8H2,1-2H3,(H2,13,18)(H,15,17). The third kappa shape index (κ3) is 4.62. The zero-order chi connectivity index (χ0) is 13.5. The molecule has 6 heteroatoms. The molecule has 1 fully saturated rings. The quantitative estimate of drug-likeness (QED) is 0.572. The number of rotatable bonds is 6. The van der Waals surface area contributed by atoms with Gasteiger partial charge in [-0.05, 0) is 13.3 Å². The molecule has 1 saturated heterocycles. The van der Waals surface area contributed by atoms with Gasteiger partial charge in [0.15, 0.2) is 0 Å². The first-order chi connectivity index (χ1) is 8.54. The molecule has 18 heavy (non-hydrogen) atoms. The molecule has 1 heterocycles. The summed E-state index contributed by atoms with van der Waals surface area (Å²) in [6.45, 7) is 6.29. The summed E-state index contributed by atoms with van der Waals surface area (Å²) in [6.07, 6.45) is 2.01. The fourth-order valence-corrected chi connectivity index (χ4v) is 2.23. The van der Waals surface area contributed by atoms with Crippen molar-refractivity contribution in [3.8, 4) is 0 Å². The molecule has 0 bridgehead atoms. The molecule has 4 N–H and O–H groups in total. The number of carbonyl (C=O) groups is 2. The van der Waals surface area contributed by atoms with Crippen molar-refractivity contribution in [3.63, 3.8) is 0 Å². The molecule has 0 aromatic rings. The molecule has 104 valence electrons. The molecule has 0 aromatic carbocycles. The van der Waals surface area contributed by atoms with Crippen LogP contribution in [-0.2, 0) is 9.59 Å². The Morgan fingerprint density at radius 3 is 2.89 bits per heavy atom. The van der Waals surface area contributed by atoms with Gasteiger partial charge in [-0.25, -0.2) is 0 Å². The van der Waals surface area contributed by atoms with Crippen LogP contribution in [0.2, 0.25) is 0 Å². The Morgan fingerprint density at radius 2 is 2.28 bits per heavy atom. The molecule has 1 aliphatic heterocycles. The summed E-state index contributed by atoms with van der Waals surface area (Å²) in [5.41, 5.74) is 5.33. The number of amides is 2. The van der Waals surface area contributed by atoms with Crippen LogP contribution in [0.4, 0.5) is 0 Å². The number of nitrogens with two attached hydrogens (primary N) is 1. The first-order valence-electron chi connectivity index (χ1n) is 6.58. The van der Waals surface area contributed by atoms with E-state index in [2.05, 4.69) is 17.6 Å². The molecule has 2 atom stereocenters. The number of primary amides is 1. The van der Waals surface area contributed by atoms with Crippen LogP contribution < -0.4 is 16.4 Å². The van der Waals surface area contributed by atoms with E-state index in [-0.39, 0.29) is 30.4 Å². The third-order valence-corrected chi connectivity index (χ3v) is 3.16. The fraction of sp³-hybridized carbons (Fsp3) is 0.833. The van der Waals surface area contributed by atoms with Gasteiger partial charge in [-0.3, -0.25) is 14.5 Å². The molecule has 2 amide bonds. The van der Waals surface area contributed by atoms with E-state index >= 15 is 0 Å². The van der Waals surface area contributed by atoms with E-state index in [4.69, 9.17) is 5.73 Å². The van der Waals surface area contributed by atoms with Crippen LogP contribution >= 0.6 is 0 Å². The van der Waals surface area contributed by atoms with Gasteiger partial charge in [0.2, 0.25) is 11.8 Å². The van der Waals surface area contributed by atoms with Gasteiger partial charge in [0.1, 0.15) is 6.04 Å². The van der Waals surface area contributed by atoms with E-state index in [0.717, 1.165) is 19.4 Å². The van der Waals surface area contributed by atoms with E-state index in [0.29, 0.717) is 13.1 Å². The van der Waals surface area contributed by atoms with E-state index in [9.17, 15) is 9.59 Å². The van der Waals surface area contributed by atoms with Gasteiger partial charge in [0, 0.05) is 25.7 Å². The highest BCUT2D eigenvalue weighted by atomic mass is 16.2. The zero-order valence-corrected chi connectivity index (χ0v) is 11.2. The van der Waals surface area contributed by atoms with Gasteiger partial charge in [-0.2, -0.15) is 0 Å². The van der Waals surface area contributed by atoms with E-state index in [1.807, 2.05) is 11.8 Å². The van der Waals surface area contributed by atoms with E-state index < -0.39 is 0 Å². The van der Waals surface area contributed by atoms with E-state index in [1.165, 1.54) is 0 Å². The van der Waals surface area contributed by atoms with Crippen molar-refractivity contribution in [2.24, 2.45) is 5.73 Å². The first-order valence-corrected chi connectivity index (χ1v) is 6.58. The van der Waals surface area contributed by atoms with Crippen LogP contribution in [-0.4, -0.2) is 55.0 Å². The molecular formula is C12H24N4O2. The Hall–Kier alpha value is -1.14. The fourth-order valence-electron chi connectivity index (χ4n) is 2.23. The Labute approximate surface area is 108 Å². The molecular weight excluding hydrogens is 232 g/mol. The summed E-state index contributed by atoms with van der Waals surface area (Å²) >= 11 is 0. The van der Waals surface area contributed by atoms with Gasteiger partial charge in [0.05, 0.1) is 6.54 Å². The average Bonchev–Trinajstić information content (AvgIpc) is 2.29. The normalized spacial score (nSPS) is 22.4. The second-order valence-corrected chi connectivity index (χ2v) is 4.85. The van der Waals surface area contributed by atoms with Crippen LogP contribution in [0.1, 0.15) is 26.7 Å². The summed E-state index contributed by atoms with van der Waals surface area (Å²) in [7, 11) is 0. The van der Waals surface area contributed by atoms with Crippen molar-refractivity contribution in [1.82, 2.24) is 15.5 Å².